The Morgan fingerprint density at radius 2 is 1.92 bits per heavy atom. The van der Waals surface area contributed by atoms with Gasteiger partial charge in [-0.1, -0.05) is 11.6 Å². The summed E-state index contributed by atoms with van der Waals surface area (Å²) in [6.45, 7) is 0.839. The van der Waals surface area contributed by atoms with E-state index in [-0.39, 0.29) is 5.91 Å². The van der Waals surface area contributed by atoms with Crippen molar-refractivity contribution in [1.82, 2.24) is 10.3 Å². The summed E-state index contributed by atoms with van der Waals surface area (Å²) in [5, 5.41) is 4.48. The molecule has 0 saturated heterocycles. The van der Waals surface area contributed by atoms with Crippen LogP contribution in [-0.2, 0) is 11.2 Å². The number of aromatic amines is 1. The first kappa shape index (κ1) is 17.2. The first-order valence-electron chi connectivity index (χ1n) is 7.95. The second kappa shape index (κ2) is 7.94. The van der Waals surface area contributed by atoms with Crippen LogP contribution in [0.2, 0.25) is 5.02 Å². The van der Waals surface area contributed by atoms with E-state index in [0.29, 0.717) is 24.6 Å². The Bertz CT molecular complexity index is 859. The standard InChI is InChI=1S/C19H19ClN2O3/c1-24-15-3-5-16(6-4-15)25-9-8-21-19(23)10-13-12-22-18-7-2-14(20)11-17(13)18/h2-7,11-12,22H,8-10H2,1H3,(H,21,23). The van der Waals surface area contributed by atoms with Gasteiger partial charge < -0.3 is 19.8 Å². The maximum Gasteiger partial charge on any atom is 0.224 e. The molecule has 5 nitrogen and oxygen atoms in total. The van der Waals surface area contributed by atoms with Crippen molar-refractivity contribution in [2.75, 3.05) is 20.3 Å². The van der Waals surface area contributed by atoms with Crippen LogP contribution in [0.3, 0.4) is 0 Å². The molecule has 0 aliphatic carbocycles. The molecule has 0 spiro atoms. The van der Waals surface area contributed by atoms with Crippen molar-refractivity contribution in [3.63, 3.8) is 0 Å². The Kier molecular flexibility index (Phi) is 5.46. The molecule has 6 heteroatoms. The molecule has 1 amide bonds. The lowest BCUT2D eigenvalue weighted by Crippen LogP contribution is -2.29. The summed E-state index contributed by atoms with van der Waals surface area (Å²) in [6, 6.07) is 12.9. The smallest absolute Gasteiger partial charge is 0.224 e. The molecule has 1 heterocycles. The molecule has 0 bridgehead atoms. The van der Waals surface area contributed by atoms with Gasteiger partial charge in [0.2, 0.25) is 5.91 Å². The molecule has 0 aliphatic heterocycles. The van der Waals surface area contributed by atoms with Crippen LogP contribution in [-0.4, -0.2) is 31.2 Å². The van der Waals surface area contributed by atoms with Crippen molar-refractivity contribution in [3.05, 3.63) is 59.2 Å². The minimum atomic E-state index is -0.0563. The van der Waals surface area contributed by atoms with Crippen molar-refractivity contribution in [2.24, 2.45) is 0 Å². The molecule has 0 saturated carbocycles. The number of H-pyrrole nitrogens is 1. The SMILES string of the molecule is COc1ccc(OCCNC(=O)Cc2c[nH]c3ccc(Cl)cc23)cc1. The van der Waals surface area contributed by atoms with Gasteiger partial charge >= 0.3 is 0 Å². The average Bonchev–Trinajstić information content (AvgIpc) is 3.01. The maximum absolute atomic E-state index is 12.1. The monoisotopic (exact) mass is 358 g/mol. The second-order valence-corrected chi connectivity index (χ2v) is 5.99. The predicted molar refractivity (Wildman–Crippen MR) is 98.5 cm³/mol. The Hall–Kier alpha value is -2.66. The number of fused-ring (bicyclic) bond motifs is 1. The summed E-state index contributed by atoms with van der Waals surface area (Å²) < 4.78 is 10.7. The number of carbonyl (C=O) groups is 1. The zero-order chi connectivity index (χ0) is 17.6. The number of amides is 1. The van der Waals surface area contributed by atoms with Gasteiger partial charge in [0.1, 0.15) is 18.1 Å². The van der Waals surface area contributed by atoms with Crippen LogP contribution in [0.1, 0.15) is 5.56 Å². The molecular weight excluding hydrogens is 340 g/mol. The zero-order valence-corrected chi connectivity index (χ0v) is 14.6. The highest BCUT2D eigenvalue weighted by Crippen LogP contribution is 2.22. The molecule has 2 aromatic carbocycles. The zero-order valence-electron chi connectivity index (χ0n) is 13.8. The van der Waals surface area contributed by atoms with E-state index in [1.165, 1.54) is 0 Å². The fourth-order valence-corrected chi connectivity index (χ4v) is 2.74. The molecule has 1 aromatic heterocycles. The van der Waals surface area contributed by atoms with Gasteiger partial charge in [-0.3, -0.25) is 4.79 Å². The largest absolute Gasteiger partial charge is 0.497 e. The second-order valence-electron chi connectivity index (χ2n) is 5.55. The van der Waals surface area contributed by atoms with E-state index in [0.717, 1.165) is 28.0 Å². The number of methoxy groups -OCH3 is 1. The quantitative estimate of drug-likeness (QED) is 0.635. The highest BCUT2D eigenvalue weighted by Gasteiger charge is 2.09. The third-order valence-corrected chi connectivity index (χ3v) is 4.07. The minimum absolute atomic E-state index is 0.0563. The molecule has 0 unspecified atom stereocenters. The van der Waals surface area contributed by atoms with Crippen molar-refractivity contribution >= 4 is 28.4 Å². The van der Waals surface area contributed by atoms with Gasteiger partial charge in [0.15, 0.2) is 0 Å². The lowest BCUT2D eigenvalue weighted by atomic mass is 10.1. The summed E-state index contributed by atoms with van der Waals surface area (Å²) in [5.74, 6) is 1.46. The van der Waals surface area contributed by atoms with Crippen LogP contribution in [0.25, 0.3) is 10.9 Å². The number of aromatic nitrogens is 1. The molecule has 130 valence electrons. The highest BCUT2D eigenvalue weighted by molar-refractivity contribution is 6.31. The van der Waals surface area contributed by atoms with Crippen LogP contribution in [0, 0.1) is 0 Å². The third kappa shape index (κ3) is 4.45. The minimum Gasteiger partial charge on any atom is -0.497 e. The Morgan fingerprint density at radius 3 is 2.68 bits per heavy atom. The summed E-state index contributed by atoms with van der Waals surface area (Å²) in [5.41, 5.74) is 1.89. The Morgan fingerprint density at radius 1 is 1.16 bits per heavy atom. The average molecular weight is 359 g/mol. The molecule has 25 heavy (non-hydrogen) atoms. The third-order valence-electron chi connectivity index (χ3n) is 3.83. The fourth-order valence-electron chi connectivity index (χ4n) is 2.56. The number of hydrogen-bond acceptors (Lipinski definition) is 3. The van der Waals surface area contributed by atoms with Crippen molar-refractivity contribution in [3.8, 4) is 11.5 Å². The first-order chi connectivity index (χ1) is 12.2. The van der Waals surface area contributed by atoms with E-state index >= 15 is 0 Å². The van der Waals surface area contributed by atoms with Crippen LogP contribution >= 0.6 is 11.6 Å². The normalized spacial score (nSPS) is 10.6. The van der Waals surface area contributed by atoms with E-state index in [2.05, 4.69) is 10.3 Å². The molecule has 0 radical (unpaired) electrons. The summed E-state index contributed by atoms with van der Waals surface area (Å²) >= 11 is 6.02. The number of nitrogens with one attached hydrogen (secondary N) is 2. The van der Waals surface area contributed by atoms with E-state index < -0.39 is 0 Å². The van der Waals surface area contributed by atoms with Crippen molar-refractivity contribution < 1.29 is 14.3 Å². The van der Waals surface area contributed by atoms with Gasteiger partial charge in [-0.25, -0.2) is 0 Å². The number of benzene rings is 2. The van der Waals surface area contributed by atoms with E-state index in [1.54, 1.807) is 7.11 Å². The number of rotatable bonds is 7. The molecular formula is C19H19ClN2O3. The number of ether oxygens (including phenoxy) is 2. The Labute approximate surface area is 150 Å². The number of hydrogen-bond donors (Lipinski definition) is 2. The maximum atomic E-state index is 12.1. The summed E-state index contributed by atoms with van der Waals surface area (Å²) in [7, 11) is 1.62. The molecule has 0 aliphatic rings. The van der Waals surface area contributed by atoms with Gasteiger partial charge in [-0.2, -0.15) is 0 Å². The lowest BCUT2D eigenvalue weighted by molar-refractivity contribution is -0.120. The molecule has 0 atom stereocenters. The highest BCUT2D eigenvalue weighted by atomic mass is 35.5. The van der Waals surface area contributed by atoms with E-state index in [9.17, 15) is 4.79 Å². The first-order valence-corrected chi connectivity index (χ1v) is 8.32. The van der Waals surface area contributed by atoms with Crippen LogP contribution in [0.4, 0.5) is 0 Å². The van der Waals surface area contributed by atoms with Gasteiger partial charge in [0.25, 0.3) is 0 Å². The van der Waals surface area contributed by atoms with Crippen LogP contribution in [0.5, 0.6) is 11.5 Å². The summed E-state index contributed by atoms with van der Waals surface area (Å²) in [6.07, 6.45) is 2.14. The molecule has 0 fully saturated rings. The molecule has 3 aromatic rings. The van der Waals surface area contributed by atoms with Gasteiger partial charge in [-0.05, 0) is 48.0 Å². The summed E-state index contributed by atoms with van der Waals surface area (Å²) in [4.78, 5) is 15.2. The van der Waals surface area contributed by atoms with Crippen LogP contribution < -0.4 is 14.8 Å². The topological polar surface area (TPSA) is 63.4 Å². The van der Waals surface area contributed by atoms with E-state index in [1.807, 2.05) is 48.7 Å². The predicted octanol–water partition coefficient (Wildman–Crippen LogP) is 3.57. The van der Waals surface area contributed by atoms with Crippen molar-refractivity contribution in [1.29, 1.82) is 0 Å². The lowest BCUT2D eigenvalue weighted by Gasteiger charge is -2.08. The van der Waals surface area contributed by atoms with Gasteiger partial charge in [0, 0.05) is 22.1 Å². The Balaban J connectivity index is 1.46. The van der Waals surface area contributed by atoms with Gasteiger partial charge in [-0.15, -0.1) is 0 Å². The van der Waals surface area contributed by atoms with E-state index in [4.69, 9.17) is 21.1 Å². The van der Waals surface area contributed by atoms with Gasteiger partial charge in [0.05, 0.1) is 20.1 Å². The molecule has 2 N–H and O–H groups in total. The number of carbonyl (C=O) groups excluding carboxylic acids is 1. The molecule has 3 rings (SSSR count). The fraction of sp³-hybridized carbons (Fsp3) is 0.211. The number of halogens is 1. The van der Waals surface area contributed by atoms with Crippen LogP contribution in [0.15, 0.2) is 48.7 Å². The van der Waals surface area contributed by atoms with Crippen molar-refractivity contribution in [2.45, 2.75) is 6.42 Å².